The quantitative estimate of drug-likeness (QED) is 0.668. The molecule has 0 aromatic carbocycles. The zero-order chi connectivity index (χ0) is 9.52. The summed E-state index contributed by atoms with van der Waals surface area (Å²) in [6.07, 6.45) is 4.75. The monoisotopic (exact) mass is 186 g/mol. The third kappa shape index (κ3) is 4.39. The van der Waals surface area contributed by atoms with Crippen LogP contribution in [0.5, 0.6) is 0 Å². The molecule has 13 heavy (non-hydrogen) atoms. The summed E-state index contributed by atoms with van der Waals surface area (Å²) in [5.41, 5.74) is 0. The Morgan fingerprint density at radius 2 is 2.08 bits per heavy atom. The highest BCUT2D eigenvalue weighted by molar-refractivity contribution is 5.80. The molecule has 0 amide bonds. The van der Waals surface area contributed by atoms with Crippen LogP contribution in [0.2, 0.25) is 0 Å². The number of aliphatic hydroxyl groups excluding tert-OH is 1. The lowest BCUT2D eigenvalue weighted by Gasteiger charge is -1.97. The number of carbonyl (C=O) groups is 1. The van der Waals surface area contributed by atoms with Crippen molar-refractivity contribution in [1.82, 2.24) is 0 Å². The number of Topliss-reactive ketones (excluding diaryl/α,β-unsaturated/α-hetero) is 1. The molecule has 1 saturated carbocycles. The van der Waals surface area contributed by atoms with Gasteiger partial charge in [-0.05, 0) is 25.2 Å². The minimum Gasteiger partial charge on any atom is -0.396 e. The van der Waals surface area contributed by atoms with Crippen LogP contribution in [0.3, 0.4) is 0 Å². The van der Waals surface area contributed by atoms with Gasteiger partial charge in [0.2, 0.25) is 0 Å². The fraction of sp³-hybridized carbons (Fsp3) is 0.900. The van der Waals surface area contributed by atoms with Crippen molar-refractivity contribution in [2.24, 2.45) is 5.92 Å². The number of ether oxygens (including phenoxy) is 1. The molecule has 0 aromatic heterocycles. The Morgan fingerprint density at radius 1 is 1.38 bits per heavy atom. The maximum Gasteiger partial charge on any atom is 0.133 e. The number of ketones is 1. The van der Waals surface area contributed by atoms with E-state index in [0.717, 1.165) is 19.6 Å². The predicted octanol–water partition coefficient (Wildman–Crippen LogP) is 1.14. The minimum atomic E-state index is 0.186. The maximum absolute atomic E-state index is 10.5. The fourth-order valence-corrected chi connectivity index (χ4v) is 1.56. The van der Waals surface area contributed by atoms with Crippen molar-refractivity contribution in [3.8, 4) is 0 Å². The third-order valence-corrected chi connectivity index (χ3v) is 2.43. The standard InChI is InChI=1S/C6H10O2.C4H8O/c7-4-5-1-2-6(8)3-5;1-2-4-5-3-1/h5,7H,1-4H2;1-4H2. The molecule has 76 valence electrons. The second-order valence-electron chi connectivity index (χ2n) is 3.65. The van der Waals surface area contributed by atoms with Crippen LogP contribution in [-0.2, 0) is 9.53 Å². The van der Waals surface area contributed by atoms with Crippen molar-refractivity contribution in [3.05, 3.63) is 0 Å². The fourth-order valence-electron chi connectivity index (χ4n) is 1.56. The van der Waals surface area contributed by atoms with Crippen LogP contribution in [-0.4, -0.2) is 30.7 Å². The summed E-state index contributed by atoms with van der Waals surface area (Å²) in [6.45, 7) is 2.19. The Bertz CT molecular complexity index is 145. The molecule has 1 aliphatic carbocycles. The molecule has 1 atom stereocenters. The summed E-state index contributed by atoms with van der Waals surface area (Å²) in [6, 6.07) is 0. The number of hydrogen-bond donors (Lipinski definition) is 1. The number of hydrogen-bond acceptors (Lipinski definition) is 3. The molecule has 3 heteroatoms. The van der Waals surface area contributed by atoms with Crippen molar-refractivity contribution in [1.29, 1.82) is 0 Å². The van der Waals surface area contributed by atoms with Gasteiger partial charge in [-0.15, -0.1) is 0 Å². The van der Waals surface area contributed by atoms with Crippen LogP contribution in [0.1, 0.15) is 32.1 Å². The molecule has 3 nitrogen and oxygen atoms in total. The molecule has 1 heterocycles. The normalized spacial score (nSPS) is 27.2. The molecule has 2 aliphatic rings. The van der Waals surface area contributed by atoms with Crippen LogP contribution in [0, 0.1) is 5.92 Å². The van der Waals surface area contributed by atoms with E-state index < -0.39 is 0 Å². The van der Waals surface area contributed by atoms with Gasteiger partial charge in [0.15, 0.2) is 0 Å². The molecule has 0 radical (unpaired) electrons. The van der Waals surface area contributed by atoms with Crippen molar-refractivity contribution in [2.45, 2.75) is 32.1 Å². The van der Waals surface area contributed by atoms with Crippen molar-refractivity contribution in [3.63, 3.8) is 0 Å². The first-order valence-corrected chi connectivity index (χ1v) is 5.03. The highest BCUT2D eigenvalue weighted by Crippen LogP contribution is 2.20. The average molecular weight is 186 g/mol. The van der Waals surface area contributed by atoms with Crippen molar-refractivity contribution in [2.75, 3.05) is 19.8 Å². The predicted molar refractivity (Wildman–Crippen MR) is 49.5 cm³/mol. The average Bonchev–Trinajstić information content (AvgIpc) is 2.76. The van der Waals surface area contributed by atoms with E-state index in [9.17, 15) is 4.79 Å². The molecule has 1 aliphatic heterocycles. The van der Waals surface area contributed by atoms with Gasteiger partial charge < -0.3 is 9.84 Å². The van der Waals surface area contributed by atoms with E-state index in [1.54, 1.807) is 0 Å². The van der Waals surface area contributed by atoms with Gasteiger partial charge in [0.1, 0.15) is 5.78 Å². The lowest BCUT2D eigenvalue weighted by atomic mass is 10.1. The summed E-state index contributed by atoms with van der Waals surface area (Å²) in [5.74, 6) is 0.589. The Morgan fingerprint density at radius 3 is 2.31 bits per heavy atom. The molecule has 1 saturated heterocycles. The first-order chi connectivity index (χ1) is 6.33. The van der Waals surface area contributed by atoms with Crippen molar-refractivity contribution >= 4 is 5.78 Å². The van der Waals surface area contributed by atoms with Crippen LogP contribution in [0.4, 0.5) is 0 Å². The van der Waals surface area contributed by atoms with Gasteiger partial charge in [-0.3, -0.25) is 4.79 Å². The zero-order valence-electron chi connectivity index (χ0n) is 8.00. The lowest BCUT2D eigenvalue weighted by Crippen LogP contribution is -1.99. The van der Waals surface area contributed by atoms with Gasteiger partial charge >= 0.3 is 0 Å². The Hall–Kier alpha value is -0.410. The van der Waals surface area contributed by atoms with Gasteiger partial charge in [0.05, 0.1) is 0 Å². The first-order valence-electron chi connectivity index (χ1n) is 5.03. The van der Waals surface area contributed by atoms with E-state index in [2.05, 4.69) is 0 Å². The molecule has 2 fully saturated rings. The first kappa shape index (κ1) is 10.7. The van der Waals surface area contributed by atoms with Gasteiger partial charge in [0, 0.05) is 32.7 Å². The van der Waals surface area contributed by atoms with E-state index in [1.807, 2.05) is 0 Å². The second kappa shape index (κ2) is 6.11. The Balaban J connectivity index is 0.000000145. The van der Waals surface area contributed by atoms with Gasteiger partial charge in [-0.1, -0.05) is 0 Å². The maximum atomic E-state index is 10.5. The Labute approximate surface area is 79.1 Å². The molecule has 1 unspecified atom stereocenters. The van der Waals surface area contributed by atoms with Crippen molar-refractivity contribution < 1.29 is 14.6 Å². The molecule has 0 bridgehead atoms. The Kier molecular flexibility index (Phi) is 5.01. The number of carbonyl (C=O) groups excluding carboxylic acids is 1. The van der Waals surface area contributed by atoms with Crippen LogP contribution in [0.25, 0.3) is 0 Å². The molecule has 2 rings (SSSR count). The molecular weight excluding hydrogens is 168 g/mol. The number of rotatable bonds is 1. The van der Waals surface area contributed by atoms with Crippen LogP contribution >= 0.6 is 0 Å². The summed E-state index contributed by atoms with van der Waals surface area (Å²) in [5, 5.41) is 8.53. The summed E-state index contributed by atoms with van der Waals surface area (Å²) < 4.78 is 4.94. The van der Waals surface area contributed by atoms with E-state index >= 15 is 0 Å². The summed E-state index contributed by atoms with van der Waals surface area (Å²) in [7, 11) is 0. The van der Waals surface area contributed by atoms with Crippen LogP contribution < -0.4 is 0 Å². The molecule has 0 spiro atoms. The second-order valence-corrected chi connectivity index (χ2v) is 3.65. The smallest absolute Gasteiger partial charge is 0.133 e. The minimum absolute atomic E-state index is 0.186. The zero-order valence-corrected chi connectivity index (χ0v) is 8.00. The van der Waals surface area contributed by atoms with Crippen LogP contribution in [0.15, 0.2) is 0 Å². The molecule has 0 aromatic rings. The van der Waals surface area contributed by atoms with E-state index in [-0.39, 0.29) is 12.5 Å². The lowest BCUT2D eigenvalue weighted by molar-refractivity contribution is -0.117. The highest BCUT2D eigenvalue weighted by Gasteiger charge is 2.20. The SMILES string of the molecule is C1CCOC1.O=C1CCC(CO)C1. The van der Waals surface area contributed by atoms with Gasteiger partial charge in [-0.2, -0.15) is 0 Å². The third-order valence-electron chi connectivity index (χ3n) is 2.43. The van der Waals surface area contributed by atoms with E-state index in [4.69, 9.17) is 9.84 Å². The number of aliphatic hydroxyl groups is 1. The van der Waals surface area contributed by atoms with E-state index in [0.29, 0.717) is 18.6 Å². The molecule has 1 N–H and O–H groups in total. The highest BCUT2D eigenvalue weighted by atomic mass is 16.5. The largest absolute Gasteiger partial charge is 0.396 e. The van der Waals surface area contributed by atoms with Gasteiger partial charge in [0.25, 0.3) is 0 Å². The summed E-state index contributed by atoms with van der Waals surface area (Å²) in [4.78, 5) is 10.5. The summed E-state index contributed by atoms with van der Waals surface area (Å²) >= 11 is 0. The topological polar surface area (TPSA) is 46.5 Å². The molecular formula is C10H18O3. The van der Waals surface area contributed by atoms with E-state index in [1.165, 1.54) is 12.8 Å². The van der Waals surface area contributed by atoms with Gasteiger partial charge in [-0.25, -0.2) is 0 Å².